The Labute approximate surface area is 188 Å². The quantitative estimate of drug-likeness (QED) is 0.301. The molecule has 5 rings (SSSR count). The number of nitrogens with zero attached hydrogens (tertiary/aromatic N) is 4. The molecule has 4 aromatic rings. The Morgan fingerprint density at radius 3 is 2.62 bits per heavy atom. The van der Waals surface area contributed by atoms with E-state index in [4.69, 9.17) is 9.41 Å². The second-order valence-corrected chi connectivity index (χ2v) is 13.7. The van der Waals surface area contributed by atoms with Crippen molar-refractivity contribution in [3.8, 4) is 28.6 Å². The lowest BCUT2D eigenvalue weighted by Gasteiger charge is -2.12. The minimum Gasteiger partial charge on any atom is -0.463 e. The van der Waals surface area contributed by atoms with Crippen LogP contribution in [0.2, 0.25) is 19.6 Å². The summed E-state index contributed by atoms with van der Waals surface area (Å²) in [6.45, 7) is 8.83. The molecule has 1 aromatic carbocycles. The molecule has 1 aliphatic rings. The zero-order valence-electron chi connectivity index (χ0n) is 18.6. The lowest BCUT2D eigenvalue weighted by atomic mass is 10.0. The first-order valence-corrected chi connectivity index (χ1v) is 14.2. The van der Waals surface area contributed by atoms with E-state index in [-0.39, 0.29) is 6.04 Å². The van der Waals surface area contributed by atoms with Gasteiger partial charge in [0.15, 0.2) is 5.76 Å². The Kier molecular flexibility index (Phi) is 4.91. The number of imidazole rings is 1. The Morgan fingerprint density at radius 1 is 1.03 bits per heavy atom. The molecular weight excluding hydrogens is 412 g/mol. The highest BCUT2D eigenvalue weighted by Crippen LogP contribution is 2.36. The minimum atomic E-state index is -1.49. The van der Waals surface area contributed by atoms with E-state index >= 15 is 0 Å². The molecule has 158 valence electrons. The van der Waals surface area contributed by atoms with Crippen LogP contribution in [0.1, 0.15) is 35.5 Å². The molecule has 0 spiro atoms. The highest BCUT2D eigenvalue weighted by molar-refractivity contribution is 6.83. The first-order valence-electron chi connectivity index (χ1n) is 10.7. The average Bonchev–Trinajstić information content (AvgIpc) is 3.43. The van der Waals surface area contributed by atoms with Gasteiger partial charge >= 0.3 is 0 Å². The maximum atomic E-state index is 5.66. The molecule has 6 heteroatoms. The molecule has 0 unspecified atom stereocenters. The number of furan rings is 1. The molecule has 0 bridgehead atoms. The summed E-state index contributed by atoms with van der Waals surface area (Å²) in [4.78, 5) is 14.4. The molecular formula is C26H24N4OSi. The van der Waals surface area contributed by atoms with Gasteiger partial charge in [-0.05, 0) is 49.4 Å². The third-order valence-electron chi connectivity index (χ3n) is 5.28. The fourth-order valence-electron chi connectivity index (χ4n) is 3.86. The lowest BCUT2D eigenvalue weighted by Crippen LogP contribution is -2.16. The first-order chi connectivity index (χ1) is 15.4. The van der Waals surface area contributed by atoms with E-state index < -0.39 is 8.07 Å². The van der Waals surface area contributed by atoms with Crippen LogP contribution in [0.15, 0.2) is 76.7 Å². The second-order valence-electron chi connectivity index (χ2n) is 8.93. The maximum Gasteiger partial charge on any atom is 0.154 e. The Hall–Kier alpha value is -3.69. The maximum absolute atomic E-state index is 5.66. The normalized spacial score (nSPS) is 15.1. The third kappa shape index (κ3) is 3.72. The van der Waals surface area contributed by atoms with Crippen LogP contribution < -0.4 is 0 Å². The molecule has 5 nitrogen and oxygen atoms in total. The van der Waals surface area contributed by atoms with Crippen LogP contribution in [0.25, 0.3) is 17.1 Å². The van der Waals surface area contributed by atoms with Crippen molar-refractivity contribution in [2.75, 3.05) is 0 Å². The van der Waals surface area contributed by atoms with Crippen LogP contribution in [0, 0.1) is 11.5 Å². The van der Waals surface area contributed by atoms with E-state index in [0.29, 0.717) is 0 Å². The fourth-order valence-corrected chi connectivity index (χ4v) is 4.38. The van der Waals surface area contributed by atoms with E-state index in [0.717, 1.165) is 45.4 Å². The summed E-state index contributed by atoms with van der Waals surface area (Å²) in [5.41, 5.74) is 9.97. The topological polar surface area (TPSA) is 56.2 Å². The van der Waals surface area contributed by atoms with Crippen molar-refractivity contribution in [1.82, 2.24) is 14.5 Å². The van der Waals surface area contributed by atoms with Crippen LogP contribution in [-0.2, 0) is 0 Å². The van der Waals surface area contributed by atoms with Gasteiger partial charge in [-0.3, -0.25) is 14.5 Å². The summed E-state index contributed by atoms with van der Waals surface area (Å²) in [7, 11) is -1.49. The van der Waals surface area contributed by atoms with Gasteiger partial charge in [-0.15, -0.1) is 5.54 Å². The van der Waals surface area contributed by atoms with E-state index in [1.165, 1.54) is 0 Å². The van der Waals surface area contributed by atoms with E-state index in [1.807, 2.05) is 36.7 Å². The monoisotopic (exact) mass is 436 g/mol. The molecule has 1 aliphatic heterocycles. The molecule has 0 saturated heterocycles. The van der Waals surface area contributed by atoms with Gasteiger partial charge in [0.25, 0.3) is 0 Å². The lowest BCUT2D eigenvalue weighted by molar-refractivity contribution is 0.578. The highest BCUT2D eigenvalue weighted by Gasteiger charge is 2.27. The van der Waals surface area contributed by atoms with Crippen LogP contribution in [0.5, 0.6) is 0 Å². The first kappa shape index (κ1) is 20.2. The molecule has 0 amide bonds. The van der Waals surface area contributed by atoms with Crippen molar-refractivity contribution in [3.63, 3.8) is 0 Å². The number of aromatic nitrogens is 3. The predicted molar refractivity (Wildman–Crippen MR) is 130 cm³/mol. The summed E-state index contributed by atoms with van der Waals surface area (Å²) < 4.78 is 7.78. The summed E-state index contributed by atoms with van der Waals surface area (Å²) in [6.07, 6.45) is 5.33. The number of hydrogen-bond acceptors (Lipinski definition) is 4. The summed E-state index contributed by atoms with van der Waals surface area (Å²) in [5, 5.41) is 0. The number of benzene rings is 1. The van der Waals surface area contributed by atoms with E-state index in [2.05, 4.69) is 70.8 Å². The molecule has 0 radical (unpaired) electrons. The Balaban J connectivity index is 1.76. The average molecular weight is 437 g/mol. The minimum absolute atomic E-state index is 0.140. The van der Waals surface area contributed by atoms with Crippen LogP contribution in [-0.4, -0.2) is 28.3 Å². The standard InChI is InChI=1S/C26H24N4OSi/c1-18-26-25(23-9-7-14-31-23)28-17-30(26)22-11-10-19(12-15-32(2,3)4)16-20(22)24(29-18)21-8-5-6-13-27-21/h5-11,13-14,16-18H,1-4H3/t18-/m0/s1. The molecule has 1 atom stereocenters. The van der Waals surface area contributed by atoms with Crippen LogP contribution >= 0.6 is 0 Å². The Morgan fingerprint density at radius 2 is 1.91 bits per heavy atom. The molecule has 3 aromatic heterocycles. The molecule has 0 saturated carbocycles. The van der Waals surface area contributed by atoms with Gasteiger partial charge in [0, 0.05) is 17.3 Å². The van der Waals surface area contributed by atoms with E-state index in [1.54, 1.807) is 12.5 Å². The molecule has 0 aliphatic carbocycles. The third-order valence-corrected chi connectivity index (χ3v) is 6.15. The van der Waals surface area contributed by atoms with Gasteiger partial charge in [-0.2, -0.15) is 0 Å². The van der Waals surface area contributed by atoms with Crippen molar-refractivity contribution in [3.05, 3.63) is 89.8 Å². The smallest absolute Gasteiger partial charge is 0.154 e. The summed E-state index contributed by atoms with van der Waals surface area (Å²) >= 11 is 0. The number of fused-ring (bicyclic) bond motifs is 3. The van der Waals surface area contributed by atoms with Crippen molar-refractivity contribution < 1.29 is 4.42 Å². The van der Waals surface area contributed by atoms with Gasteiger partial charge in [-0.1, -0.05) is 31.6 Å². The molecule has 4 heterocycles. The van der Waals surface area contributed by atoms with Crippen molar-refractivity contribution in [1.29, 1.82) is 0 Å². The molecule has 32 heavy (non-hydrogen) atoms. The van der Waals surface area contributed by atoms with Crippen molar-refractivity contribution in [2.45, 2.75) is 32.6 Å². The van der Waals surface area contributed by atoms with Gasteiger partial charge in [0.2, 0.25) is 0 Å². The number of hydrogen-bond donors (Lipinski definition) is 0. The van der Waals surface area contributed by atoms with Crippen LogP contribution in [0.4, 0.5) is 0 Å². The largest absolute Gasteiger partial charge is 0.463 e. The number of rotatable bonds is 2. The SMILES string of the molecule is C[C@@H]1N=C(c2ccccn2)c2cc(C#C[Si](C)(C)C)ccc2-n2cnc(-c3ccco3)c21. The molecule has 0 N–H and O–H groups in total. The van der Waals surface area contributed by atoms with Gasteiger partial charge in [0.1, 0.15) is 20.1 Å². The second kappa shape index (κ2) is 7.77. The Bertz CT molecular complexity index is 1370. The van der Waals surface area contributed by atoms with Crippen LogP contribution in [0.3, 0.4) is 0 Å². The number of aliphatic imine (C=N–C) groups is 1. The summed E-state index contributed by atoms with van der Waals surface area (Å²) in [5.74, 6) is 4.12. The fraction of sp³-hybridized carbons (Fsp3) is 0.192. The molecule has 0 fully saturated rings. The predicted octanol–water partition coefficient (Wildman–Crippen LogP) is 5.67. The van der Waals surface area contributed by atoms with Crippen molar-refractivity contribution >= 4 is 13.8 Å². The zero-order valence-corrected chi connectivity index (χ0v) is 19.6. The van der Waals surface area contributed by atoms with Gasteiger partial charge < -0.3 is 4.42 Å². The number of pyridine rings is 1. The van der Waals surface area contributed by atoms with E-state index in [9.17, 15) is 0 Å². The zero-order chi connectivity index (χ0) is 22.3. The highest BCUT2D eigenvalue weighted by atomic mass is 28.3. The van der Waals surface area contributed by atoms with Gasteiger partial charge in [-0.25, -0.2) is 4.98 Å². The summed E-state index contributed by atoms with van der Waals surface area (Å²) in [6, 6.07) is 15.9. The van der Waals surface area contributed by atoms with Gasteiger partial charge in [0.05, 0.1) is 35.1 Å². The van der Waals surface area contributed by atoms with Crippen molar-refractivity contribution in [2.24, 2.45) is 4.99 Å².